The van der Waals surface area contributed by atoms with Crippen LogP contribution in [0.4, 0.5) is 5.69 Å². The van der Waals surface area contributed by atoms with Gasteiger partial charge in [-0.15, -0.1) is 11.6 Å². The van der Waals surface area contributed by atoms with Crippen LogP contribution in [-0.4, -0.2) is 32.1 Å². The van der Waals surface area contributed by atoms with Gasteiger partial charge in [0, 0.05) is 12.8 Å². The summed E-state index contributed by atoms with van der Waals surface area (Å²) in [7, 11) is 1.57. The number of hydrogen-bond donors (Lipinski definition) is 1. The van der Waals surface area contributed by atoms with E-state index in [0.717, 1.165) is 11.4 Å². The van der Waals surface area contributed by atoms with E-state index >= 15 is 0 Å². The van der Waals surface area contributed by atoms with E-state index in [1.165, 1.54) is 0 Å². The van der Waals surface area contributed by atoms with Crippen LogP contribution in [0.25, 0.3) is 0 Å². The lowest BCUT2D eigenvalue weighted by molar-refractivity contribution is -0.117. The second-order valence-electron chi connectivity index (χ2n) is 3.35. The Morgan fingerprint density at radius 2 is 2.00 bits per heavy atom. The molecule has 0 saturated carbocycles. The largest absolute Gasteiger partial charge is 0.492 e. The van der Waals surface area contributed by atoms with E-state index in [-0.39, 0.29) is 5.91 Å². The average Bonchev–Trinajstić information content (AvgIpc) is 2.35. The number of methoxy groups -OCH3 is 1. The van der Waals surface area contributed by atoms with Crippen LogP contribution in [0.3, 0.4) is 0 Å². The molecule has 0 aliphatic heterocycles. The van der Waals surface area contributed by atoms with Crippen LogP contribution in [0.1, 0.15) is 6.42 Å². The topological polar surface area (TPSA) is 47.6 Å². The molecule has 0 unspecified atom stereocenters. The van der Waals surface area contributed by atoms with E-state index in [2.05, 4.69) is 5.32 Å². The number of rotatable bonds is 7. The summed E-state index contributed by atoms with van der Waals surface area (Å²) < 4.78 is 10.1. The first-order valence-corrected chi connectivity index (χ1v) is 5.87. The van der Waals surface area contributed by atoms with Gasteiger partial charge in [-0.1, -0.05) is 0 Å². The Balaban J connectivity index is 2.42. The van der Waals surface area contributed by atoms with Crippen molar-refractivity contribution in [2.24, 2.45) is 0 Å². The number of carbonyl (C=O) groups excluding carboxylic acids is 1. The van der Waals surface area contributed by atoms with Crippen LogP contribution in [0.2, 0.25) is 0 Å². The number of benzene rings is 1. The van der Waals surface area contributed by atoms with Gasteiger partial charge < -0.3 is 14.8 Å². The third kappa shape index (κ3) is 5.56. The van der Waals surface area contributed by atoms with Crippen molar-refractivity contribution in [1.82, 2.24) is 0 Å². The first kappa shape index (κ1) is 13.8. The molecule has 4 nitrogen and oxygen atoms in total. The van der Waals surface area contributed by atoms with Crippen molar-refractivity contribution >= 4 is 23.2 Å². The highest BCUT2D eigenvalue weighted by molar-refractivity contribution is 6.18. The molecule has 0 aliphatic carbocycles. The number of amides is 1. The number of carbonyl (C=O) groups is 1. The molecule has 94 valence electrons. The average molecular weight is 258 g/mol. The van der Waals surface area contributed by atoms with Crippen molar-refractivity contribution in [2.45, 2.75) is 6.42 Å². The van der Waals surface area contributed by atoms with Crippen LogP contribution < -0.4 is 10.1 Å². The van der Waals surface area contributed by atoms with Crippen LogP contribution >= 0.6 is 11.6 Å². The molecule has 1 amide bonds. The van der Waals surface area contributed by atoms with Crippen molar-refractivity contribution in [3.63, 3.8) is 0 Å². The fourth-order valence-corrected chi connectivity index (χ4v) is 1.29. The van der Waals surface area contributed by atoms with E-state index < -0.39 is 0 Å². The molecule has 0 aliphatic rings. The molecule has 0 bridgehead atoms. The predicted octanol–water partition coefficient (Wildman–Crippen LogP) is 2.28. The zero-order valence-corrected chi connectivity index (χ0v) is 10.5. The number of ether oxygens (including phenoxy) is 2. The van der Waals surface area contributed by atoms with Crippen molar-refractivity contribution in [2.75, 3.05) is 31.5 Å². The van der Waals surface area contributed by atoms with Gasteiger partial charge in [0.2, 0.25) is 5.91 Å². The maximum Gasteiger partial charge on any atom is 0.226 e. The summed E-state index contributed by atoms with van der Waals surface area (Å²) in [5.74, 6) is 1.12. The molecule has 0 atom stereocenters. The molecular formula is C12H16ClNO3. The summed E-state index contributed by atoms with van der Waals surface area (Å²) in [6.07, 6.45) is 0.348. The Morgan fingerprint density at radius 1 is 1.29 bits per heavy atom. The fourth-order valence-electron chi connectivity index (χ4n) is 1.21. The highest BCUT2D eigenvalue weighted by atomic mass is 35.5. The Labute approximate surface area is 106 Å². The molecule has 0 saturated heterocycles. The lowest BCUT2D eigenvalue weighted by Gasteiger charge is -2.07. The summed E-state index contributed by atoms with van der Waals surface area (Å²) in [5.41, 5.74) is 0.740. The van der Waals surface area contributed by atoms with Gasteiger partial charge in [-0.05, 0) is 24.3 Å². The van der Waals surface area contributed by atoms with Gasteiger partial charge in [0.25, 0.3) is 0 Å². The quantitative estimate of drug-likeness (QED) is 0.763. The molecule has 1 N–H and O–H groups in total. The van der Waals surface area contributed by atoms with Crippen molar-refractivity contribution in [3.05, 3.63) is 24.3 Å². The van der Waals surface area contributed by atoms with Gasteiger partial charge in [-0.25, -0.2) is 0 Å². The molecule has 1 aromatic rings. The molecule has 0 aromatic heterocycles. The number of nitrogens with one attached hydrogen (secondary N) is 1. The van der Waals surface area contributed by atoms with Crippen LogP contribution in [0.5, 0.6) is 5.75 Å². The predicted molar refractivity (Wildman–Crippen MR) is 67.8 cm³/mol. The van der Waals surface area contributed by atoms with E-state index in [4.69, 9.17) is 21.1 Å². The minimum absolute atomic E-state index is 0.0683. The highest BCUT2D eigenvalue weighted by Crippen LogP contribution is 2.15. The number of halogens is 1. The lowest BCUT2D eigenvalue weighted by atomic mass is 10.3. The molecule has 0 heterocycles. The van der Waals surface area contributed by atoms with E-state index in [1.54, 1.807) is 31.4 Å². The van der Waals surface area contributed by atoms with Crippen LogP contribution in [0.15, 0.2) is 24.3 Å². The standard InChI is InChI=1S/C12H16ClNO3/c1-16-8-6-12(15)14-10-2-4-11(5-3-10)17-9-7-13/h2-5H,6-9H2,1H3,(H,14,15). The summed E-state index contributed by atoms with van der Waals surface area (Å²) >= 11 is 5.51. The zero-order chi connectivity index (χ0) is 12.5. The van der Waals surface area contributed by atoms with Crippen LogP contribution in [-0.2, 0) is 9.53 Å². The Bertz CT molecular complexity index is 340. The van der Waals surface area contributed by atoms with Gasteiger partial charge in [-0.3, -0.25) is 4.79 Å². The second kappa shape index (κ2) is 7.92. The fraction of sp³-hybridized carbons (Fsp3) is 0.417. The molecule has 0 radical (unpaired) electrons. The first-order chi connectivity index (χ1) is 8.26. The highest BCUT2D eigenvalue weighted by Gasteiger charge is 2.01. The summed E-state index contributed by atoms with van der Waals surface area (Å²) in [4.78, 5) is 11.4. The van der Waals surface area contributed by atoms with Gasteiger partial charge >= 0.3 is 0 Å². The number of hydrogen-bond acceptors (Lipinski definition) is 3. The van der Waals surface area contributed by atoms with Crippen molar-refractivity contribution < 1.29 is 14.3 Å². The number of alkyl halides is 1. The zero-order valence-electron chi connectivity index (χ0n) is 9.74. The minimum atomic E-state index is -0.0683. The van der Waals surface area contributed by atoms with Crippen molar-refractivity contribution in [3.8, 4) is 5.75 Å². The van der Waals surface area contributed by atoms with Gasteiger partial charge in [0.1, 0.15) is 12.4 Å². The van der Waals surface area contributed by atoms with E-state index in [9.17, 15) is 4.79 Å². The molecule has 0 spiro atoms. The van der Waals surface area contributed by atoms with E-state index in [1.807, 2.05) is 0 Å². The second-order valence-corrected chi connectivity index (χ2v) is 3.73. The summed E-state index contributed by atoms with van der Waals surface area (Å²) in [6, 6.07) is 7.15. The SMILES string of the molecule is COCCC(=O)Nc1ccc(OCCCl)cc1. The van der Waals surface area contributed by atoms with Crippen LogP contribution in [0, 0.1) is 0 Å². The molecule has 1 rings (SSSR count). The maximum absolute atomic E-state index is 11.4. The van der Waals surface area contributed by atoms with Crippen molar-refractivity contribution in [1.29, 1.82) is 0 Å². The number of anilines is 1. The Hall–Kier alpha value is -1.26. The van der Waals surface area contributed by atoms with Gasteiger partial charge in [-0.2, -0.15) is 0 Å². The normalized spacial score (nSPS) is 10.0. The minimum Gasteiger partial charge on any atom is -0.492 e. The molecule has 1 aromatic carbocycles. The molecular weight excluding hydrogens is 242 g/mol. The monoisotopic (exact) mass is 257 g/mol. The lowest BCUT2D eigenvalue weighted by Crippen LogP contribution is -2.13. The Kier molecular flexibility index (Phi) is 6.43. The van der Waals surface area contributed by atoms with Gasteiger partial charge in [0.05, 0.1) is 18.9 Å². The molecule has 17 heavy (non-hydrogen) atoms. The molecule has 5 heteroatoms. The maximum atomic E-state index is 11.4. The summed E-state index contributed by atoms with van der Waals surface area (Å²) in [6.45, 7) is 0.893. The first-order valence-electron chi connectivity index (χ1n) is 5.34. The third-order valence-corrected chi connectivity index (χ3v) is 2.17. The third-order valence-electron chi connectivity index (χ3n) is 2.02. The molecule has 0 fully saturated rings. The summed E-state index contributed by atoms with van der Waals surface area (Å²) in [5, 5.41) is 2.76. The smallest absolute Gasteiger partial charge is 0.226 e. The van der Waals surface area contributed by atoms with E-state index in [0.29, 0.717) is 25.5 Å². The van der Waals surface area contributed by atoms with Gasteiger partial charge in [0.15, 0.2) is 0 Å². The Morgan fingerprint density at radius 3 is 2.59 bits per heavy atom.